The van der Waals surface area contributed by atoms with Crippen molar-refractivity contribution in [3.8, 4) is 22.9 Å². The molecule has 94 valence electrons. The van der Waals surface area contributed by atoms with Gasteiger partial charge >= 0.3 is 0 Å². The number of hydrogen-bond acceptors (Lipinski definition) is 3. The number of methoxy groups -OCH3 is 1. The van der Waals surface area contributed by atoms with E-state index in [2.05, 4.69) is 20.9 Å². The molecule has 0 radical (unpaired) electrons. The van der Waals surface area contributed by atoms with E-state index in [-0.39, 0.29) is 0 Å². The van der Waals surface area contributed by atoms with Crippen LogP contribution >= 0.6 is 15.9 Å². The summed E-state index contributed by atoms with van der Waals surface area (Å²) in [7, 11) is 1.61. The van der Waals surface area contributed by atoms with Crippen LogP contribution in [0, 0.1) is 0 Å². The van der Waals surface area contributed by atoms with Gasteiger partial charge in [0.15, 0.2) is 5.75 Å². The molecule has 0 aliphatic carbocycles. The van der Waals surface area contributed by atoms with Gasteiger partial charge in [-0.1, -0.05) is 30.3 Å². The van der Waals surface area contributed by atoms with Crippen LogP contribution in [0.15, 0.2) is 40.9 Å². The molecule has 1 aromatic carbocycles. The first kappa shape index (κ1) is 12.9. The summed E-state index contributed by atoms with van der Waals surface area (Å²) < 4.78 is 11.6. The third kappa shape index (κ3) is 2.64. The van der Waals surface area contributed by atoms with Crippen molar-refractivity contribution in [2.75, 3.05) is 13.7 Å². The molecule has 0 spiro atoms. The van der Waals surface area contributed by atoms with Crippen molar-refractivity contribution in [3.63, 3.8) is 0 Å². The summed E-state index contributed by atoms with van der Waals surface area (Å²) in [5.74, 6) is 1.14. The molecule has 1 aromatic heterocycles. The van der Waals surface area contributed by atoms with Crippen LogP contribution in [0.4, 0.5) is 0 Å². The first-order valence-corrected chi connectivity index (χ1v) is 6.48. The van der Waals surface area contributed by atoms with Crippen LogP contribution in [-0.4, -0.2) is 18.7 Å². The maximum atomic E-state index is 5.49. The van der Waals surface area contributed by atoms with Crippen LogP contribution in [0.5, 0.6) is 11.6 Å². The van der Waals surface area contributed by atoms with E-state index in [4.69, 9.17) is 9.47 Å². The van der Waals surface area contributed by atoms with Crippen molar-refractivity contribution in [1.82, 2.24) is 4.98 Å². The topological polar surface area (TPSA) is 31.4 Å². The Kier molecular flexibility index (Phi) is 4.20. The van der Waals surface area contributed by atoms with Gasteiger partial charge in [-0.3, -0.25) is 0 Å². The number of ether oxygens (including phenoxy) is 2. The summed E-state index contributed by atoms with van der Waals surface area (Å²) in [4.78, 5) is 4.51. The Morgan fingerprint density at radius 2 is 1.94 bits per heavy atom. The number of halogens is 1. The van der Waals surface area contributed by atoms with E-state index in [1.165, 1.54) is 0 Å². The molecule has 0 aliphatic rings. The highest BCUT2D eigenvalue weighted by atomic mass is 79.9. The van der Waals surface area contributed by atoms with Gasteiger partial charge in [-0.05, 0) is 22.9 Å². The van der Waals surface area contributed by atoms with Crippen LogP contribution in [0.1, 0.15) is 6.92 Å². The second-order valence-electron chi connectivity index (χ2n) is 3.63. The first-order valence-electron chi connectivity index (χ1n) is 5.69. The second kappa shape index (κ2) is 5.87. The summed E-state index contributed by atoms with van der Waals surface area (Å²) in [5, 5.41) is 0. The van der Waals surface area contributed by atoms with Crippen molar-refractivity contribution in [2.45, 2.75) is 6.92 Å². The summed E-state index contributed by atoms with van der Waals surface area (Å²) in [6, 6.07) is 11.8. The number of pyridine rings is 1. The molecular formula is C14H14BrNO2. The standard InChI is InChI=1S/C14H14BrNO2/c1-3-18-14-12(17-2)9-11(15)13(16-14)10-7-5-4-6-8-10/h4-9H,3H2,1-2H3. The zero-order chi connectivity index (χ0) is 13.0. The highest BCUT2D eigenvalue weighted by Gasteiger charge is 2.13. The van der Waals surface area contributed by atoms with E-state index in [1.54, 1.807) is 7.11 Å². The van der Waals surface area contributed by atoms with Gasteiger partial charge in [-0.2, -0.15) is 0 Å². The predicted octanol–water partition coefficient (Wildman–Crippen LogP) is 3.92. The number of nitrogens with zero attached hydrogens (tertiary/aromatic N) is 1. The molecule has 0 bridgehead atoms. The van der Waals surface area contributed by atoms with Crippen molar-refractivity contribution in [3.05, 3.63) is 40.9 Å². The van der Waals surface area contributed by atoms with E-state index < -0.39 is 0 Å². The van der Waals surface area contributed by atoms with Crippen LogP contribution in [-0.2, 0) is 0 Å². The fourth-order valence-corrected chi connectivity index (χ4v) is 2.17. The zero-order valence-electron chi connectivity index (χ0n) is 10.3. The number of aromatic nitrogens is 1. The zero-order valence-corrected chi connectivity index (χ0v) is 11.9. The third-order valence-corrected chi connectivity index (χ3v) is 3.06. The average molecular weight is 308 g/mol. The van der Waals surface area contributed by atoms with Crippen molar-refractivity contribution in [1.29, 1.82) is 0 Å². The van der Waals surface area contributed by atoms with Gasteiger partial charge < -0.3 is 9.47 Å². The molecule has 18 heavy (non-hydrogen) atoms. The molecule has 0 unspecified atom stereocenters. The van der Waals surface area contributed by atoms with Crippen molar-refractivity contribution >= 4 is 15.9 Å². The fourth-order valence-electron chi connectivity index (χ4n) is 1.64. The molecule has 0 saturated heterocycles. The van der Waals surface area contributed by atoms with Crippen LogP contribution < -0.4 is 9.47 Å². The minimum absolute atomic E-state index is 0.516. The summed E-state index contributed by atoms with van der Waals surface area (Å²) >= 11 is 3.51. The molecule has 0 aliphatic heterocycles. The lowest BCUT2D eigenvalue weighted by Gasteiger charge is -2.11. The Balaban J connectivity index is 2.51. The molecule has 3 nitrogen and oxygen atoms in total. The molecule has 0 amide bonds. The Bertz CT molecular complexity index is 529. The van der Waals surface area contributed by atoms with E-state index in [9.17, 15) is 0 Å². The van der Waals surface area contributed by atoms with Gasteiger partial charge in [-0.15, -0.1) is 0 Å². The summed E-state index contributed by atoms with van der Waals surface area (Å²) in [6.07, 6.45) is 0. The minimum atomic E-state index is 0.516. The lowest BCUT2D eigenvalue weighted by Crippen LogP contribution is -1.99. The van der Waals surface area contributed by atoms with Gasteiger partial charge in [0.25, 0.3) is 5.88 Å². The SMILES string of the molecule is CCOc1nc(-c2ccccc2)c(Br)cc1OC. The lowest BCUT2D eigenvalue weighted by atomic mass is 10.1. The maximum Gasteiger partial charge on any atom is 0.257 e. The Labute approximate surface area is 115 Å². The molecule has 1 heterocycles. The van der Waals surface area contributed by atoms with E-state index in [1.807, 2.05) is 43.3 Å². The molecule has 0 N–H and O–H groups in total. The van der Waals surface area contributed by atoms with Gasteiger partial charge in [0.05, 0.1) is 19.4 Å². The Morgan fingerprint density at radius 1 is 1.22 bits per heavy atom. The number of rotatable bonds is 4. The Morgan fingerprint density at radius 3 is 2.56 bits per heavy atom. The monoisotopic (exact) mass is 307 g/mol. The van der Waals surface area contributed by atoms with Crippen molar-refractivity contribution in [2.24, 2.45) is 0 Å². The number of hydrogen-bond donors (Lipinski definition) is 0. The molecule has 0 saturated carbocycles. The first-order chi connectivity index (χ1) is 8.76. The smallest absolute Gasteiger partial charge is 0.257 e. The van der Waals surface area contributed by atoms with Gasteiger partial charge in [-0.25, -0.2) is 4.98 Å². The summed E-state index contributed by atoms with van der Waals surface area (Å²) in [6.45, 7) is 2.48. The highest BCUT2D eigenvalue weighted by molar-refractivity contribution is 9.10. The van der Waals surface area contributed by atoms with Gasteiger partial charge in [0.1, 0.15) is 0 Å². The Hall–Kier alpha value is -1.55. The quantitative estimate of drug-likeness (QED) is 0.858. The largest absolute Gasteiger partial charge is 0.491 e. The lowest BCUT2D eigenvalue weighted by molar-refractivity contribution is 0.298. The predicted molar refractivity (Wildman–Crippen MR) is 75.1 cm³/mol. The molecule has 0 atom stereocenters. The van der Waals surface area contributed by atoms with E-state index >= 15 is 0 Å². The molecule has 0 fully saturated rings. The van der Waals surface area contributed by atoms with Gasteiger partial charge in [0.2, 0.25) is 0 Å². The van der Waals surface area contributed by atoms with E-state index in [0.29, 0.717) is 18.2 Å². The van der Waals surface area contributed by atoms with Crippen molar-refractivity contribution < 1.29 is 9.47 Å². The molecule has 4 heteroatoms. The second-order valence-corrected chi connectivity index (χ2v) is 4.48. The van der Waals surface area contributed by atoms with Gasteiger partial charge in [0, 0.05) is 16.1 Å². The third-order valence-electron chi connectivity index (χ3n) is 2.46. The van der Waals surface area contributed by atoms with Crippen LogP contribution in [0.3, 0.4) is 0 Å². The normalized spacial score (nSPS) is 10.2. The molecule has 2 rings (SSSR count). The average Bonchev–Trinajstić information content (AvgIpc) is 2.41. The summed E-state index contributed by atoms with van der Waals surface area (Å²) in [5.41, 5.74) is 1.88. The fraction of sp³-hybridized carbons (Fsp3) is 0.214. The molecule has 2 aromatic rings. The van der Waals surface area contributed by atoms with E-state index in [0.717, 1.165) is 15.7 Å². The maximum absolute atomic E-state index is 5.49. The highest BCUT2D eigenvalue weighted by Crippen LogP contribution is 2.35. The van der Waals surface area contributed by atoms with Crippen LogP contribution in [0.2, 0.25) is 0 Å². The molecular weight excluding hydrogens is 294 g/mol. The minimum Gasteiger partial charge on any atom is -0.491 e. The number of benzene rings is 1. The van der Waals surface area contributed by atoms with Crippen LogP contribution in [0.25, 0.3) is 11.3 Å².